The van der Waals surface area contributed by atoms with Crippen LogP contribution in [0.4, 0.5) is 0 Å². The maximum absolute atomic E-state index is 6.05. The molecule has 0 fully saturated rings. The van der Waals surface area contributed by atoms with E-state index in [4.69, 9.17) is 21.1 Å². The van der Waals surface area contributed by atoms with E-state index in [2.05, 4.69) is 0 Å². The Morgan fingerprint density at radius 3 is 1.41 bits per heavy atom. The Balaban J connectivity index is 2.95. The molecule has 0 heterocycles. The van der Waals surface area contributed by atoms with E-state index in [0.717, 1.165) is 11.5 Å². The van der Waals surface area contributed by atoms with E-state index in [1.54, 1.807) is 12.1 Å². The first kappa shape index (κ1) is 14.2. The van der Waals surface area contributed by atoms with Gasteiger partial charge in [0.25, 0.3) is 0 Å². The summed E-state index contributed by atoms with van der Waals surface area (Å²) in [7, 11) is 0. The molecule has 17 heavy (non-hydrogen) atoms. The molecule has 1 rings (SSSR count). The minimum Gasteiger partial charge on any atom is -0.488 e. The molecule has 1 aromatic rings. The van der Waals surface area contributed by atoms with Crippen LogP contribution in [-0.4, -0.2) is 11.2 Å². The van der Waals surface area contributed by atoms with Crippen molar-refractivity contribution in [3.63, 3.8) is 0 Å². The average molecular weight is 257 g/mol. The summed E-state index contributed by atoms with van der Waals surface area (Å²) in [6, 6.07) is 5.45. The zero-order chi connectivity index (χ0) is 13.3. The number of ether oxygens (including phenoxy) is 2. The molecule has 3 heteroatoms. The lowest BCUT2D eigenvalue weighted by Gasteiger charge is -2.24. The molecule has 0 radical (unpaired) electrons. The van der Waals surface area contributed by atoms with Crippen molar-refractivity contribution in [1.29, 1.82) is 0 Å². The van der Waals surface area contributed by atoms with Crippen molar-refractivity contribution in [2.24, 2.45) is 0 Å². The molecule has 0 atom stereocenters. The smallest absolute Gasteiger partial charge is 0.125 e. The van der Waals surface area contributed by atoms with Crippen molar-refractivity contribution in [2.75, 3.05) is 0 Å². The number of hydrogen-bond acceptors (Lipinski definition) is 2. The van der Waals surface area contributed by atoms with Crippen LogP contribution >= 0.6 is 11.6 Å². The SMILES string of the molecule is CC(C)(C)Oc1cc(Cl)cc(OC(C)(C)C)c1. The highest BCUT2D eigenvalue weighted by Gasteiger charge is 2.16. The van der Waals surface area contributed by atoms with Crippen LogP contribution in [-0.2, 0) is 0 Å². The van der Waals surface area contributed by atoms with Crippen LogP contribution in [0.5, 0.6) is 11.5 Å². The first-order chi connectivity index (χ1) is 7.55. The Bertz CT molecular complexity index is 352. The van der Waals surface area contributed by atoms with E-state index in [9.17, 15) is 0 Å². The van der Waals surface area contributed by atoms with E-state index in [0.29, 0.717) is 5.02 Å². The zero-order valence-corrected chi connectivity index (χ0v) is 12.2. The van der Waals surface area contributed by atoms with Crippen molar-refractivity contribution >= 4 is 11.6 Å². The Kier molecular flexibility index (Phi) is 3.98. The van der Waals surface area contributed by atoms with E-state index >= 15 is 0 Å². The monoisotopic (exact) mass is 256 g/mol. The summed E-state index contributed by atoms with van der Waals surface area (Å²) in [6.07, 6.45) is 0. The maximum atomic E-state index is 6.05. The first-order valence-corrected chi connectivity index (χ1v) is 6.12. The highest BCUT2D eigenvalue weighted by Crippen LogP contribution is 2.30. The van der Waals surface area contributed by atoms with Gasteiger partial charge in [0.15, 0.2) is 0 Å². The Morgan fingerprint density at radius 1 is 0.765 bits per heavy atom. The predicted molar refractivity (Wildman–Crippen MR) is 72.2 cm³/mol. The fourth-order valence-corrected chi connectivity index (χ4v) is 1.58. The number of benzene rings is 1. The summed E-state index contributed by atoms with van der Waals surface area (Å²) >= 11 is 6.05. The molecule has 0 aromatic heterocycles. The van der Waals surface area contributed by atoms with Crippen LogP contribution in [0.1, 0.15) is 41.5 Å². The van der Waals surface area contributed by atoms with Gasteiger partial charge < -0.3 is 9.47 Å². The molecule has 0 saturated heterocycles. The number of hydrogen-bond donors (Lipinski definition) is 0. The van der Waals surface area contributed by atoms with E-state index < -0.39 is 0 Å². The van der Waals surface area contributed by atoms with Gasteiger partial charge in [-0.05, 0) is 53.7 Å². The third kappa shape index (κ3) is 5.83. The molecule has 0 amide bonds. The molecular weight excluding hydrogens is 236 g/mol. The molecule has 0 aliphatic rings. The van der Waals surface area contributed by atoms with E-state index in [1.807, 2.05) is 47.6 Å². The van der Waals surface area contributed by atoms with Gasteiger partial charge in [-0.2, -0.15) is 0 Å². The molecule has 0 saturated carbocycles. The van der Waals surface area contributed by atoms with Crippen LogP contribution in [0.25, 0.3) is 0 Å². The summed E-state index contributed by atoms with van der Waals surface area (Å²) in [5, 5.41) is 0.617. The van der Waals surface area contributed by atoms with Crippen molar-refractivity contribution in [3.8, 4) is 11.5 Å². The summed E-state index contributed by atoms with van der Waals surface area (Å²) in [5.41, 5.74) is -0.493. The Hall–Kier alpha value is -0.890. The molecule has 0 aliphatic carbocycles. The van der Waals surface area contributed by atoms with Crippen molar-refractivity contribution < 1.29 is 9.47 Å². The fourth-order valence-electron chi connectivity index (χ4n) is 1.36. The topological polar surface area (TPSA) is 18.5 Å². The largest absolute Gasteiger partial charge is 0.488 e. The minimum absolute atomic E-state index is 0.246. The third-order valence-corrected chi connectivity index (χ3v) is 1.91. The predicted octanol–water partition coefficient (Wildman–Crippen LogP) is 4.69. The van der Waals surface area contributed by atoms with Crippen LogP contribution in [0.2, 0.25) is 5.02 Å². The van der Waals surface area contributed by atoms with Gasteiger partial charge in [-0.25, -0.2) is 0 Å². The normalized spacial score (nSPS) is 12.4. The summed E-state index contributed by atoms with van der Waals surface area (Å²) in [4.78, 5) is 0. The fraction of sp³-hybridized carbons (Fsp3) is 0.571. The molecule has 0 bridgehead atoms. The summed E-state index contributed by atoms with van der Waals surface area (Å²) < 4.78 is 11.5. The quantitative estimate of drug-likeness (QED) is 0.764. The van der Waals surface area contributed by atoms with Crippen LogP contribution in [0.3, 0.4) is 0 Å². The van der Waals surface area contributed by atoms with Gasteiger partial charge in [-0.1, -0.05) is 11.6 Å². The van der Waals surface area contributed by atoms with E-state index in [1.165, 1.54) is 0 Å². The molecule has 0 unspecified atom stereocenters. The highest BCUT2D eigenvalue weighted by molar-refractivity contribution is 6.30. The second-order valence-corrected chi connectivity index (χ2v) is 6.49. The molecule has 2 nitrogen and oxygen atoms in total. The molecular formula is C14H21ClO2. The highest BCUT2D eigenvalue weighted by atomic mass is 35.5. The number of halogens is 1. The molecule has 0 aliphatic heterocycles. The standard InChI is InChI=1S/C14H21ClO2/c1-13(2,3)16-11-7-10(15)8-12(9-11)17-14(4,5)6/h7-9H,1-6H3. The zero-order valence-electron chi connectivity index (χ0n) is 11.4. The van der Waals surface area contributed by atoms with Gasteiger partial charge in [0.1, 0.15) is 22.7 Å². The van der Waals surface area contributed by atoms with Gasteiger partial charge in [0.2, 0.25) is 0 Å². The van der Waals surface area contributed by atoms with Crippen molar-refractivity contribution in [3.05, 3.63) is 23.2 Å². The summed E-state index contributed by atoms with van der Waals surface area (Å²) in [5.74, 6) is 1.45. The number of rotatable bonds is 2. The maximum Gasteiger partial charge on any atom is 0.125 e. The minimum atomic E-state index is -0.246. The van der Waals surface area contributed by atoms with Crippen LogP contribution in [0, 0.1) is 0 Å². The van der Waals surface area contributed by atoms with Crippen molar-refractivity contribution in [1.82, 2.24) is 0 Å². The van der Waals surface area contributed by atoms with Crippen LogP contribution < -0.4 is 9.47 Å². The van der Waals surface area contributed by atoms with Crippen LogP contribution in [0.15, 0.2) is 18.2 Å². The lowest BCUT2D eigenvalue weighted by atomic mass is 10.2. The second kappa shape index (κ2) is 4.77. The Morgan fingerprint density at radius 2 is 1.12 bits per heavy atom. The van der Waals surface area contributed by atoms with Gasteiger partial charge in [-0.3, -0.25) is 0 Å². The summed E-state index contributed by atoms with van der Waals surface area (Å²) in [6.45, 7) is 12.0. The lowest BCUT2D eigenvalue weighted by molar-refractivity contribution is 0.121. The third-order valence-electron chi connectivity index (χ3n) is 1.69. The first-order valence-electron chi connectivity index (χ1n) is 5.74. The van der Waals surface area contributed by atoms with Gasteiger partial charge in [-0.15, -0.1) is 0 Å². The van der Waals surface area contributed by atoms with Gasteiger partial charge >= 0.3 is 0 Å². The van der Waals surface area contributed by atoms with Gasteiger partial charge in [0, 0.05) is 11.1 Å². The van der Waals surface area contributed by atoms with E-state index in [-0.39, 0.29) is 11.2 Å². The Labute approximate surface area is 109 Å². The average Bonchev–Trinajstić information content (AvgIpc) is 1.93. The lowest BCUT2D eigenvalue weighted by Crippen LogP contribution is -2.24. The van der Waals surface area contributed by atoms with Gasteiger partial charge in [0.05, 0.1) is 0 Å². The molecule has 1 aromatic carbocycles. The molecule has 0 spiro atoms. The second-order valence-electron chi connectivity index (χ2n) is 6.05. The van der Waals surface area contributed by atoms with Crippen molar-refractivity contribution in [2.45, 2.75) is 52.7 Å². The molecule has 96 valence electrons. The molecule has 0 N–H and O–H groups in total.